The highest BCUT2D eigenvalue weighted by Gasteiger charge is 2.32. The van der Waals surface area contributed by atoms with Crippen LogP contribution in [-0.2, 0) is 18.4 Å². The molecular weight excluding hydrogens is 381 g/mol. The molecular formula is C19H22FN5O2S. The van der Waals surface area contributed by atoms with E-state index in [1.807, 2.05) is 31.4 Å². The standard InChI is InChI=1S/C19H22FN5O2S/c1-11-7-13(27-16-6-4-5-15-14(16)9-24(3)23-15)8-25(11)10-17-18(20)22-19(28-17)21-12(2)26/h4-6,9,11,13H,7-8,10H2,1-3H3,(H,21,22,26). The Hall–Kier alpha value is -2.52. The van der Waals surface area contributed by atoms with Gasteiger partial charge in [0.2, 0.25) is 11.9 Å². The number of hydrogen-bond donors (Lipinski definition) is 1. The Balaban J connectivity index is 1.45. The predicted octanol–water partition coefficient (Wildman–Crippen LogP) is 3.17. The molecule has 1 fully saturated rings. The van der Waals surface area contributed by atoms with Crippen molar-refractivity contribution in [1.82, 2.24) is 19.7 Å². The average molecular weight is 403 g/mol. The van der Waals surface area contributed by atoms with Gasteiger partial charge in [-0.15, -0.1) is 0 Å². The van der Waals surface area contributed by atoms with Gasteiger partial charge in [0.25, 0.3) is 0 Å². The number of thiazole rings is 1. The van der Waals surface area contributed by atoms with Gasteiger partial charge in [0.1, 0.15) is 11.9 Å². The number of nitrogens with one attached hydrogen (secondary N) is 1. The van der Waals surface area contributed by atoms with E-state index in [9.17, 15) is 9.18 Å². The number of anilines is 1. The van der Waals surface area contributed by atoms with Crippen molar-refractivity contribution in [3.8, 4) is 5.75 Å². The van der Waals surface area contributed by atoms with Crippen LogP contribution in [0, 0.1) is 5.95 Å². The summed E-state index contributed by atoms with van der Waals surface area (Å²) in [5.41, 5.74) is 0.903. The molecule has 0 saturated carbocycles. The smallest absolute Gasteiger partial charge is 0.230 e. The minimum atomic E-state index is -0.523. The lowest BCUT2D eigenvalue weighted by molar-refractivity contribution is -0.114. The average Bonchev–Trinajstić information content (AvgIpc) is 3.25. The van der Waals surface area contributed by atoms with Gasteiger partial charge in [-0.05, 0) is 19.1 Å². The predicted molar refractivity (Wildman–Crippen MR) is 106 cm³/mol. The molecule has 1 N–H and O–H groups in total. The number of likely N-dealkylation sites (tertiary alicyclic amines) is 1. The van der Waals surface area contributed by atoms with Crippen molar-refractivity contribution in [3.63, 3.8) is 0 Å². The maximum absolute atomic E-state index is 14.1. The van der Waals surface area contributed by atoms with Gasteiger partial charge in [-0.3, -0.25) is 14.4 Å². The Morgan fingerprint density at radius 2 is 2.29 bits per heavy atom. The zero-order valence-corrected chi connectivity index (χ0v) is 16.8. The van der Waals surface area contributed by atoms with Crippen LogP contribution in [0.2, 0.25) is 0 Å². The van der Waals surface area contributed by atoms with Crippen molar-refractivity contribution in [2.24, 2.45) is 7.05 Å². The summed E-state index contributed by atoms with van der Waals surface area (Å²) in [5.74, 6) is 0.0416. The summed E-state index contributed by atoms with van der Waals surface area (Å²) in [6, 6.07) is 6.12. The van der Waals surface area contributed by atoms with E-state index in [-0.39, 0.29) is 18.1 Å². The van der Waals surface area contributed by atoms with Crippen LogP contribution in [0.5, 0.6) is 5.75 Å². The van der Waals surface area contributed by atoms with Gasteiger partial charge in [0, 0.05) is 45.7 Å². The van der Waals surface area contributed by atoms with E-state index in [1.54, 1.807) is 4.68 Å². The Kier molecular flexibility index (Phi) is 5.03. The van der Waals surface area contributed by atoms with Crippen molar-refractivity contribution in [1.29, 1.82) is 0 Å². The van der Waals surface area contributed by atoms with Gasteiger partial charge in [0.15, 0.2) is 5.13 Å². The number of nitrogens with zero attached hydrogens (tertiary/aromatic N) is 4. The van der Waals surface area contributed by atoms with Crippen LogP contribution in [0.3, 0.4) is 0 Å². The second kappa shape index (κ2) is 7.48. The molecule has 1 amide bonds. The minimum absolute atomic E-state index is 0.0200. The number of hydrogen-bond acceptors (Lipinski definition) is 6. The van der Waals surface area contributed by atoms with Crippen LogP contribution >= 0.6 is 11.3 Å². The molecule has 2 unspecified atom stereocenters. The number of rotatable bonds is 5. The number of carbonyl (C=O) groups excluding carboxylic acids is 1. The molecule has 148 valence electrons. The van der Waals surface area contributed by atoms with Crippen LogP contribution in [0.4, 0.5) is 9.52 Å². The third kappa shape index (κ3) is 3.85. The number of carbonyl (C=O) groups is 1. The SMILES string of the molecule is CC(=O)Nc1nc(F)c(CN2CC(Oc3cccc4nn(C)cc34)CC2C)s1. The van der Waals surface area contributed by atoms with Crippen molar-refractivity contribution >= 4 is 33.3 Å². The summed E-state index contributed by atoms with van der Waals surface area (Å²) in [6.45, 7) is 4.64. The lowest BCUT2D eigenvalue weighted by Gasteiger charge is -2.19. The Morgan fingerprint density at radius 3 is 3.07 bits per heavy atom. The molecule has 3 heterocycles. The first-order valence-corrected chi connectivity index (χ1v) is 9.96. The Morgan fingerprint density at radius 1 is 1.46 bits per heavy atom. The fourth-order valence-corrected chi connectivity index (χ4v) is 4.50. The van der Waals surface area contributed by atoms with Crippen LogP contribution in [0.25, 0.3) is 10.9 Å². The van der Waals surface area contributed by atoms with Crippen LogP contribution in [0.15, 0.2) is 24.4 Å². The monoisotopic (exact) mass is 403 g/mol. The summed E-state index contributed by atoms with van der Waals surface area (Å²) >= 11 is 1.17. The maximum Gasteiger partial charge on any atom is 0.230 e. The molecule has 3 aromatic rings. The van der Waals surface area contributed by atoms with Crippen LogP contribution < -0.4 is 10.1 Å². The Labute approximate surface area is 166 Å². The summed E-state index contributed by atoms with van der Waals surface area (Å²) in [6.07, 6.45) is 2.83. The zero-order chi connectivity index (χ0) is 19.8. The van der Waals surface area contributed by atoms with Crippen molar-refractivity contribution in [3.05, 3.63) is 35.2 Å². The summed E-state index contributed by atoms with van der Waals surface area (Å²) in [7, 11) is 1.89. The van der Waals surface area contributed by atoms with Gasteiger partial charge in [-0.1, -0.05) is 17.4 Å². The van der Waals surface area contributed by atoms with E-state index in [0.717, 1.165) is 23.1 Å². The van der Waals surface area contributed by atoms with E-state index >= 15 is 0 Å². The molecule has 9 heteroatoms. The van der Waals surface area contributed by atoms with E-state index < -0.39 is 5.95 Å². The number of halogens is 1. The molecule has 0 bridgehead atoms. The third-order valence-corrected chi connectivity index (χ3v) is 5.79. The molecule has 2 aromatic heterocycles. The van der Waals surface area contributed by atoms with Gasteiger partial charge in [0.05, 0.1) is 15.8 Å². The van der Waals surface area contributed by atoms with Crippen molar-refractivity contribution in [2.45, 2.75) is 39.0 Å². The summed E-state index contributed by atoms with van der Waals surface area (Å²) < 4.78 is 22.2. The molecule has 0 radical (unpaired) electrons. The van der Waals surface area contributed by atoms with E-state index in [4.69, 9.17) is 4.74 Å². The molecule has 28 heavy (non-hydrogen) atoms. The second-order valence-corrected chi connectivity index (χ2v) is 8.24. The summed E-state index contributed by atoms with van der Waals surface area (Å²) in [5, 5.41) is 8.24. The first-order valence-electron chi connectivity index (χ1n) is 9.15. The molecule has 1 saturated heterocycles. The molecule has 1 aliphatic heterocycles. The van der Waals surface area contributed by atoms with Crippen LogP contribution in [-0.4, -0.2) is 44.3 Å². The molecule has 0 aliphatic carbocycles. The number of aromatic nitrogens is 3. The third-order valence-electron chi connectivity index (χ3n) is 4.86. The molecule has 0 spiro atoms. The number of aryl methyl sites for hydroxylation is 1. The number of benzene rings is 1. The lowest BCUT2D eigenvalue weighted by atomic mass is 10.2. The first-order chi connectivity index (χ1) is 13.4. The second-order valence-electron chi connectivity index (χ2n) is 7.16. The normalized spacial score (nSPS) is 20.0. The molecule has 7 nitrogen and oxygen atoms in total. The van der Waals surface area contributed by atoms with Gasteiger partial charge >= 0.3 is 0 Å². The lowest BCUT2D eigenvalue weighted by Crippen LogP contribution is -2.28. The first kappa shape index (κ1) is 18.8. The minimum Gasteiger partial charge on any atom is -0.488 e. The van der Waals surface area contributed by atoms with Gasteiger partial charge in [-0.25, -0.2) is 0 Å². The zero-order valence-electron chi connectivity index (χ0n) is 16.0. The highest BCUT2D eigenvalue weighted by molar-refractivity contribution is 7.15. The molecule has 2 atom stereocenters. The largest absolute Gasteiger partial charge is 0.488 e. The fraction of sp³-hybridized carbons (Fsp3) is 0.421. The number of fused-ring (bicyclic) bond motifs is 1. The molecule has 4 rings (SSSR count). The van der Waals surface area contributed by atoms with E-state index in [2.05, 4.69) is 27.2 Å². The fourth-order valence-electron chi connectivity index (χ4n) is 3.59. The summed E-state index contributed by atoms with van der Waals surface area (Å²) in [4.78, 5) is 17.6. The maximum atomic E-state index is 14.1. The van der Waals surface area contributed by atoms with E-state index in [1.165, 1.54) is 18.3 Å². The van der Waals surface area contributed by atoms with Crippen LogP contribution in [0.1, 0.15) is 25.1 Å². The highest BCUT2D eigenvalue weighted by Crippen LogP contribution is 2.31. The van der Waals surface area contributed by atoms with Crippen molar-refractivity contribution < 1.29 is 13.9 Å². The molecule has 1 aromatic carbocycles. The number of ether oxygens (including phenoxy) is 1. The Bertz CT molecular complexity index is 1020. The topological polar surface area (TPSA) is 72.3 Å². The van der Waals surface area contributed by atoms with E-state index in [0.29, 0.717) is 23.1 Å². The number of amides is 1. The van der Waals surface area contributed by atoms with Gasteiger partial charge in [-0.2, -0.15) is 14.5 Å². The highest BCUT2D eigenvalue weighted by atomic mass is 32.1. The van der Waals surface area contributed by atoms with Crippen molar-refractivity contribution in [2.75, 3.05) is 11.9 Å². The quantitative estimate of drug-likeness (QED) is 0.708. The molecule has 1 aliphatic rings. The van der Waals surface area contributed by atoms with Gasteiger partial charge < -0.3 is 10.1 Å².